The first-order chi connectivity index (χ1) is 15.5. The second kappa shape index (κ2) is 7.13. The van der Waals surface area contributed by atoms with Crippen molar-refractivity contribution in [1.29, 1.82) is 5.26 Å². The van der Waals surface area contributed by atoms with Crippen LogP contribution in [-0.2, 0) is 0 Å². The molecule has 158 valence electrons. The van der Waals surface area contributed by atoms with Crippen LogP contribution in [0.1, 0.15) is 22.7 Å². The van der Waals surface area contributed by atoms with Crippen LogP contribution < -0.4 is 21.7 Å². The van der Waals surface area contributed by atoms with E-state index >= 15 is 0 Å². The van der Waals surface area contributed by atoms with Gasteiger partial charge in [-0.2, -0.15) is 10.4 Å². The Hall–Kier alpha value is -4.85. The molecule has 0 saturated carbocycles. The zero-order chi connectivity index (χ0) is 22.4. The van der Waals surface area contributed by atoms with Gasteiger partial charge in [0.25, 0.3) is 5.56 Å². The molecule has 3 aromatic heterocycles. The topological polar surface area (TPSA) is 160 Å². The van der Waals surface area contributed by atoms with E-state index in [1.54, 1.807) is 34.9 Å². The van der Waals surface area contributed by atoms with Crippen molar-refractivity contribution in [3.63, 3.8) is 0 Å². The van der Waals surface area contributed by atoms with Gasteiger partial charge in [0.05, 0.1) is 22.9 Å². The Labute approximate surface area is 180 Å². The third-order valence-corrected chi connectivity index (χ3v) is 5.24. The second-order valence-corrected chi connectivity index (χ2v) is 7.12. The molecule has 0 spiro atoms. The van der Waals surface area contributed by atoms with Gasteiger partial charge in [-0.15, -0.1) is 0 Å². The Morgan fingerprint density at radius 2 is 1.97 bits per heavy atom. The monoisotopic (exact) mass is 428 g/mol. The summed E-state index contributed by atoms with van der Waals surface area (Å²) in [6.07, 6.45) is 4.94. The van der Waals surface area contributed by atoms with Crippen molar-refractivity contribution in [2.45, 2.75) is 12.8 Å². The number of rotatable bonds is 3. The highest BCUT2D eigenvalue weighted by atomic mass is 16.5. The fourth-order valence-electron chi connectivity index (χ4n) is 3.92. The molecule has 1 atom stereocenters. The van der Waals surface area contributed by atoms with Crippen LogP contribution in [0.15, 0.2) is 70.1 Å². The number of nitrogens with one attached hydrogen (secondary N) is 2. The largest absolute Gasteiger partial charge is 0.424 e. The lowest BCUT2D eigenvalue weighted by Crippen LogP contribution is -2.33. The molecule has 1 aromatic carbocycles. The maximum atomic E-state index is 12.8. The molecule has 0 radical (unpaired) electrons. The molecular formula is C21H16N8O3. The molecule has 0 fully saturated rings. The number of nitrogens with two attached hydrogens (primary N) is 1. The highest BCUT2D eigenvalue weighted by Gasteiger charge is 2.38. The van der Waals surface area contributed by atoms with Gasteiger partial charge in [0.2, 0.25) is 11.8 Å². The molecule has 0 bridgehead atoms. The van der Waals surface area contributed by atoms with Crippen molar-refractivity contribution in [2.75, 3.05) is 0 Å². The number of nitriles is 1. The molecule has 0 amide bonds. The van der Waals surface area contributed by atoms with Crippen molar-refractivity contribution in [3.05, 3.63) is 98.2 Å². The van der Waals surface area contributed by atoms with Crippen LogP contribution in [0.4, 0.5) is 0 Å². The summed E-state index contributed by atoms with van der Waals surface area (Å²) in [6, 6.07) is 11.5. The first-order valence-corrected chi connectivity index (χ1v) is 9.57. The Bertz CT molecular complexity index is 1520. The van der Waals surface area contributed by atoms with Gasteiger partial charge in [0.15, 0.2) is 0 Å². The Morgan fingerprint density at radius 1 is 1.19 bits per heavy atom. The molecule has 32 heavy (non-hydrogen) atoms. The molecular weight excluding hydrogens is 412 g/mol. The number of para-hydroxylation sites is 1. The standard InChI is InChI=1S/C21H16N8O3/c1-11-14(15-13(9-22)17(23)32-19-16(15)18(30)25-21(31)26-19)20(28-8-7-24-10-28)29(27-11)12-5-3-2-4-6-12/h2-8,10,15H,23H2,1H3,(H2,25,26,30,31). The lowest BCUT2D eigenvalue weighted by atomic mass is 9.84. The third kappa shape index (κ3) is 2.82. The summed E-state index contributed by atoms with van der Waals surface area (Å²) in [5.74, 6) is -0.673. The zero-order valence-corrected chi connectivity index (χ0v) is 16.7. The summed E-state index contributed by atoms with van der Waals surface area (Å²) in [4.78, 5) is 33.5. The molecule has 4 heterocycles. The second-order valence-electron chi connectivity index (χ2n) is 7.12. The van der Waals surface area contributed by atoms with Gasteiger partial charge in [0.1, 0.15) is 23.8 Å². The first-order valence-electron chi connectivity index (χ1n) is 9.57. The first kappa shape index (κ1) is 19.1. The van der Waals surface area contributed by atoms with E-state index in [1.807, 2.05) is 30.3 Å². The van der Waals surface area contributed by atoms with E-state index in [0.29, 0.717) is 17.1 Å². The van der Waals surface area contributed by atoms with E-state index in [9.17, 15) is 14.9 Å². The van der Waals surface area contributed by atoms with Crippen molar-refractivity contribution in [2.24, 2.45) is 5.73 Å². The van der Waals surface area contributed by atoms with Gasteiger partial charge in [-0.05, 0) is 19.1 Å². The van der Waals surface area contributed by atoms with Crippen molar-refractivity contribution in [1.82, 2.24) is 29.3 Å². The van der Waals surface area contributed by atoms with Crippen LogP contribution in [0.2, 0.25) is 0 Å². The lowest BCUT2D eigenvalue weighted by molar-refractivity contribution is 0.373. The maximum absolute atomic E-state index is 12.8. The minimum atomic E-state index is -0.931. The van der Waals surface area contributed by atoms with E-state index in [1.165, 1.54) is 0 Å². The van der Waals surface area contributed by atoms with E-state index in [-0.39, 0.29) is 22.9 Å². The third-order valence-electron chi connectivity index (χ3n) is 5.24. The average Bonchev–Trinajstić information content (AvgIpc) is 3.40. The molecule has 1 aliphatic rings. The van der Waals surface area contributed by atoms with E-state index in [0.717, 1.165) is 5.69 Å². The van der Waals surface area contributed by atoms with Gasteiger partial charge < -0.3 is 10.5 Å². The summed E-state index contributed by atoms with van der Waals surface area (Å²) in [5, 5.41) is 14.6. The van der Waals surface area contributed by atoms with Crippen LogP contribution in [-0.4, -0.2) is 29.3 Å². The van der Waals surface area contributed by atoms with Crippen LogP contribution in [0.25, 0.3) is 11.5 Å². The van der Waals surface area contributed by atoms with E-state index in [2.05, 4.69) is 21.0 Å². The zero-order valence-electron chi connectivity index (χ0n) is 16.7. The molecule has 1 unspecified atom stereocenters. The molecule has 5 rings (SSSR count). The fourth-order valence-corrected chi connectivity index (χ4v) is 3.92. The Morgan fingerprint density at radius 3 is 2.66 bits per heavy atom. The highest BCUT2D eigenvalue weighted by molar-refractivity contribution is 5.59. The lowest BCUT2D eigenvalue weighted by Gasteiger charge is -2.25. The Kier molecular flexibility index (Phi) is 4.27. The summed E-state index contributed by atoms with van der Waals surface area (Å²) in [5.41, 5.74) is 6.57. The van der Waals surface area contributed by atoms with E-state index in [4.69, 9.17) is 15.6 Å². The number of aromatic amines is 2. The predicted molar refractivity (Wildman–Crippen MR) is 112 cm³/mol. The predicted octanol–water partition coefficient (Wildman–Crippen LogP) is 0.961. The molecule has 0 aliphatic carbocycles. The van der Waals surface area contributed by atoms with Crippen LogP contribution in [0.5, 0.6) is 5.88 Å². The van der Waals surface area contributed by atoms with Crippen LogP contribution >= 0.6 is 0 Å². The number of ether oxygens (including phenoxy) is 1. The number of allylic oxidation sites excluding steroid dienone is 1. The minimum Gasteiger partial charge on any atom is -0.424 e. The summed E-state index contributed by atoms with van der Waals surface area (Å²) in [6.45, 7) is 1.77. The summed E-state index contributed by atoms with van der Waals surface area (Å²) >= 11 is 0. The molecule has 4 N–H and O–H groups in total. The molecule has 4 aromatic rings. The summed E-state index contributed by atoms with van der Waals surface area (Å²) < 4.78 is 8.86. The number of hydrogen-bond acceptors (Lipinski definition) is 7. The minimum absolute atomic E-state index is 0.0344. The number of fused-ring (bicyclic) bond motifs is 1. The molecule has 11 nitrogen and oxygen atoms in total. The van der Waals surface area contributed by atoms with Crippen molar-refractivity contribution in [3.8, 4) is 23.5 Å². The Balaban J connectivity index is 1.89. The van der Waals surface area contributed by atoms with Gasteiger partial charge in [-0.3, -0.25) is 19.3 Å². The smallest absolute Gasteiger partial charge is 0.328 e. The van der Waals surface area contributed by atoms with E-state index < -0.39 is 17.2 Å². The normalized spacial score (nSPS) is 15.2. The highest BCUT2D eigenvalue weighted by Crippen LogP contribution is 2.42. The molecule has 0 saturated heterocycles. The SMILES string of the molecule is Cc1nn(-c2ccccc2)c(-n2ccnc2)c1C1C(C#N)=C(N)Oc2[nH]c(=O)[nH]c(=O)c21. The number of hydrogen-bond donors (Lipinski definition) is 3. The number of imidazole rings is 1. The van der Waals surface area contributed by atoms with Gasteiger partial charge in [-0.1, -0.05) is 18.2 Å². The van der Waals surface area contributed by atoms with Crippen LogP contribution in [0.3, 0.4) is 0 Å². The molecule has 11 heteroatoms. The van der Waals surface area contributed by atoms with Crippen molar-refractivity contribution < 1.29 is 4.74 Å². The van der Waals surface area contributed by atoms with Gasteiger partial charge in [0, 0.05) is 18.0 Å². The van der Waals surface area contributed by atoms with Crippen LogP contribution in [0, 0.1) is 18.3 Å². The average molecular weight is 428 g/mol. The van der Waals surface area contributed by atoms with Crippen molar-refractivity contribution >= 4 is 0 Å². The van der Waals surface area contributed by atoms with Gasteiger partial charge in [-0.25, -0.2) is 14.5 Å². The summed E-state index contributed by atoms with van der Waals surface area (Å²) in [7, 11) is 0. The number of aromatic nitrogens is 6. The fraction of sp³-hybridized carbons (Fsp3) is 0.0952. The number of H-pyrrole nitrogens is 2. The quantitative estimate of drug-likeness (QED) is 0.438. The number of benzene rings is 1. The molecule has 1 aliphatic heterocycles. The number of aryl methyl sites for hydroxylation is 1. The maximum Gasteiger partial charge on any atom is 0.328 e. The van der Waals surface area contributed by atoms with Gasteiger partial charge >= 0.3 is 5.69 Å². The number of nitrogens with zero attached hydrogens (tertiary/aromatic N) is 5.